The van der Waals surface area contributed by atoms with Crippen molar-refractivity contribution >= 4 is 27.6 Å². The maximum absolute atomic E-state index is 10.5. The summed E-state index contributed by atoms with van der Waals surface area (Å²) < 4.78 is 22.9. The van der Waals surface area contributed by atoms with Gasteiger partial charge >= 0.3 is 0 Å². The van der Waals surface area contributed by atoms with Crippen molar-refractivity contribution in [2.75, 3.05) is 4.72 Å². The second kappa shape index (κ2) is 3.21. The van der Waals surface area contributed by atoms with Gasteiger partial charge in [0, 0.05) is 12.4 Å². The van der Waals surface area contributed by atoms with Crippen LogP contribution in [0, 0.1) is 0 Å². The molecule has 0 radical (unpaired) electrons. The maximum atomic E-state index is 10.5. The molecule has 12 heavy (non-hydrogen) atoms. The van der Waals surface area contributed by atoms with Gasteiger partial charge in [0.2, 0.25) is 0 Å². The van der Waals surface area contributed by atoms with Crippen molar-refractivity contribution in [3.05, 3.63) is 17.5 Å². The highest BCUT2D eigenvalue weighted by Crippen LogP contribution is 2.14. The van der Waals surface area contributed by atoms with Gasteiger partial charge in [-0.05, 0) is 0 Å². The van der Waals surface area contributed by atoms with Gasteiger partial charge < -0.3 is 0 Å². The summed E-state index contributed by atoms with van der Waals surface area (Å²) in [4.78, 5) is 7.18. The lowest BCUT2D eigenvalue weighted by molar-refractivity contribution is 0.602. The number of anilines is 1. The Labute approximate surface area is 74.0 Å². The number of nitrogens with two attached hydrogens (primary N) is 1. The van der Waals surface area contributed by atoms with Crippen molar-refractivity contribution in [1.82, 2.24) is 9.97 Å². The summed E-state index contributed by atoms with van der Waals surface area (Å²) >= 11 is 5.47. The summed E-state index contributed by atoms with van der Waals surface area (Å²) in [6, 6.07) is 0. The zero-order valence-corrected chi connectivity index (χ0v) is 7.30. The largest absolute Gasteiger partial charge is 0.297 e. The quantitative estimate of drug-likeness (QED) is 0.700. The van der Waals surface area contributed by atoms with Crippen LogP contribution in [0.25, 0.3) is 0 Å². The van der Waals surface area contributed by atoms with Crippen molar-refractivity contribution in [3.63, 3.8) is 0 Å². The lowest BCUT2D eigenvalue weighted by atomic mass is 10.7. The Balaban J connectivity index is 2.98. The van der Waals surface area contributed by atoms with Crippen LogP contribution in [-0.2, 0) is 10.2 Å². The first-order valence-electron chi connectivity index (χ1n) is 2.76. The van der Waals surface area contributed by atoms with E-state index in [1.807, 2.05) is 4.72 Å². The molecule has 0 amide bonds. The van der Waals surface area contributed by atoms with Gasteiger partial charge in [0.05, 0.1) is 0 Å². The molecule has 8 heteroatoms. The predicted octanol–water partition coefficient (Wildman–Crippen LogP) is -0.255. The van der Waals surface area contributed by atoms with Crippen LogP contribution in [0.15, 0.2) is 12.4 Å². The smallest absolute Gasteiger partial charge is 0.252 e. The fourth-order valence-corrected chi connectivity index (χ4v) is 1.15. The van der Waals surface area contributed by atoms with E-state index >= 15 is 0 Å². The van der Waals surface area contributed by atoms with E-state index in [9.17, 15) is 8.42 Å². The minimum atomic E-state index is -3.84. The fourth-order valence-electron chi connectivity index (χ4n) is 0.524. The van der Waals surface area contributed by atoms with E-state index in [-0.39, 0.29) is 11.0 Å². The van der Waals surface area contributed by atoms with Gasteiger partial charge in [0.1, 0.15) is 0 Å². The third-order valence-electron chi connectivity index (χ3n) is 0.893. The Morgan fingerprint density at radius 1 is 1.42 bits per heavy atom. The Bertz CT molecular complexity index is 378. The molecule has 6 nitrogen and oxygen atoms in total. The van der Waals surface area contributed by atoms with Gasteiger partial charge in [-0.1, -0.05) is 11.6 Å². The van der Waals surface area contributed by atoms with Crippen LogP contribution in [0.2, 0.25) is 5.15 Å². The third kappa shape index (κ3) is 2.61. The molecule has 0 atom stereocenters. The van der Waals surface area contributed by atoms with Crippen LogP contribution >= 0.6 is 11.6 Å². The van der Waals surface area contributed by atoms with Gasteiger partial charge in [-0.15, -0.1) is 0 Å². The molecule has 0 aromatic carbocycles. The number of rotatable bonds is 2. The van der Waals surface area contributed by atoms with Gasteiger partial charge in [-0.2, -0.15) is 8.42 Å². The molecular weight excluding hydrogens is 204 g/mol. The summed E-state index contributed by atoms with van der Waals surface area (Å²) in [6.07, 6.45) is 2.62. The number of nitrogens with zero attached hydrogens (tertiary/aromatic N) is 2. The van der Waals surface area contributed by atoms with Gasteiger partial charge in [0.25, 0.3) is 10.2 Å². The molecule has 0 saturated heterocycles. The average Bonchev–Trinajstić information content (AvgIpc) is 1.91. The average molecular weight is 209 g/mol. The van der Waals surface area contributed by atoms with Crippen LogP contribution in [0.5, 0.6) is 0 Å². The van der Waals surface area contributed by atoms with Crippen molar-refractivity contribution < 1.29 is 8.42 Å². The Morgan fingerprint density at radius 2 is 2.00 bits per heavy atom. The molecule has 0 spiro atoms. The van der Waals surface area contributed by atoms with Crippen molar-refractivity contribution in [2.24, 2.45) is 5.14 Å². The highest BCUT2D eigenvalue weighted by atomic mass is 35.5. The summed E-state index contributed by atoms with van der Waals surface area (Å²) in [5.41, 5.74) is 0. The lowest BCUT2D eigenvalue weighted by Crippen LogP contribution is -2.22. The standard InChI is InChI=1S/C4H5ClN4O2S/c5-3-4(8-2-1-7-3)9-12(6,10)11/h1-2H,(H,8,9)(H2,6,10,11). The molecule has 0 aliphatic carbocycles. The Kier molecular flexibility index (Phi) is 2.46. The highest BCUT2D eigenvalue weighted by molar-refractivity contribution is 7.90. The molecule has 1 heterocycles. The molecule has 3 N–H and O–H groups in total. The second-order valence-corrected chi connectivity index (χ2v) is 3.49. The predicted molar refractivity (Wildman–Crippen MR) is 43.8 cm³/mol. The van der Waals surface area contributed by atoms with Gasteiger partial charge in [0.15, 0.2) is 11.0 Å². The molecule has 0 aliphatic rings. The molecule has 0 aliphatic heterocycles. The minimum absolute atomic E-state index is 0.0495. The molecular formula is C4H5ClN4O2S. The highest BCUT2D eigenvalue weighted by Gasteiger charge is 2.07. The van der Waals surface area contributed by atoms with E-state index in [1.165, 1.54) is 12.4 Å². The number of hydrogen-bond acceptors (Lipinski definition) is 4. The van der Waals surface area contributed by atoms with E-state index in [2.05, 4.69) is 15.1 Å². The molecule has 1 aromatic heterocycles. The number of nitrogens with one attached hydrogen (secondary N) is 1. The molecule has 1 rings (SSSR count). The van der Waals surface area contributed by atoms with E-state index in [0.29, 0.717) is 0 Å². The summed E-state index contributed by atoms with van der Waals surface area (Å²) in [5.74, 6) is -0.0818. The van der Waals surface area contributed by atoms with E-state index < -0.39 is 10.2 Å². The Hall–Kier alpha value is -0.920. The van der Waals surface area contributed by atoms with Crippen LogP contribution in [-0.4, -0.2) is 18.4 Å². The van der Waals surface area contributed by atoms with Crippen LogP contribution in [0.3, 0.4) is 0 Å². The monoisotopic (exact) mass is 208 g/mol. The third-order valence-corrected chi connectivity index (χ3v) is 1.65. The van der Waals surface area contributed by atoms with E-state index in [4.69, 9.17) is 11.6 Å². The van der Waals surface area contributed by atoms with E-state index in [0.717, 1.165) is 0 Å². The Morgan fingerprint density at radius 3 is 2.50 bits per heavy atom. The lowest BCUT2D eigenvalue weighted by Gasteiger charge is -2.01. The van der Waals surface area contributed by atoms with Crippen molar-refractivity contribution in [3.8, 4) is 0 Å². The topological polar surface area (TPSA) is 98.0 Å². The summed E-state index contributed by atoms with van der Waals surface area (Å²) in [5, 5.41) is 4.62. The normalized spacial score (nSPS) is 11.2. The molecule has 1 aromatic rings. The van der Waals surface area contributed by atoms with Crippen LogP contribution in [0.1, 0.15) is 0 Å². The molecule has 0 unspecified atom stereocenters. The minimum Gasteiger partial charge on any atom is -0.252 e. The molecule has 66 valence electrons. The maximum Gasteiger partial charge on any atom is 0.297 e. The second-order valence-electron chi connectivity index (χ2n) is 1.84. The number of halogens is 1. The molecule has 0 saturated carbocycles. The zero-order valence-electron chi connectivity index (χ0n) is 5.73. The first-order valence-corrected chi connectivity index (χ1v) is 4.68. The number of hydrogen-bond donors (Lipinski definition) is 2. The fraction of sp³-hybridized carbons (Fsp3) is 0. The zero-order chi connectivity index (χ0) is 9.19. The summed E-state index contributed by atoms with van der Waals surface area (Å²) in [7, 11) is -3.84. The van der Waals surface area contributed by atoms with Crippen molar-refractivity contribution in [1.29, 1.82) is 0 Å². The molecule has 0 fully saturated rings. The number of aromatic nitrogens is 2. The van der Waals surface area contributed by atoms with E-state index in [1.54, 1.807) is 0 Å². The van der Waals surface area contributed by atoms with Gasteiger partial charge in [-0.25, -0.2) is 15.1 Å². The van der Waals surface area contributed by atoms with Crippen LogP contribution < -0.4 is 9.86 Å². The SMILES string of the molecule is NS(=O)(=O)Nc1nccnc1Cl. The first kappa shape index (κ1) is 9.17. The van der Waals surface area contributed by atoms with Crippen molar-refractivity contribution in [2.45, 2.75) is 0 Å². The molecule has 0 bridgehead atoms. The van der Waals surface area contributed by atoms with Crippen LogP contribution in [0.4, 0.5) is 5.82 Å². The van der Waals surface area contributed by atoms with Gasteiger partial charge in [-0.3, -0.25) is 4.72 Å². The summed E-state index contributed by atoms with van der Waals surface area (Å²) in [6.45, 7) is 0. The first-order chi connectivity index (χ1) is 5.49.